The molecule has 2 bridgehead atoms. The fraction of sp³-hybridized carbons (Fsp3) is 0.684. The molecule has 2 heteroatoms. The van der Waals surface area contributed by atoms with Crippen LogP contribution in [0.15, 0.2) is 28.7 Å². The molecule has 0 spiro atoms. The highest BCUT2D eigenvalue weighted by Gasteiger charge is 2.54. The lowest BCUT2D eigenvalue weighted by Crippen LogP contribution is -2.48. The van der Waals surface area contributed by atoms with Crippen LogP contribution in [-0.4, -0.2) is 6.04 Å². The van der Waals surface area contributed by atoms with Crippen molar-refractivity contribution in [2.24, 2.45) is 23.7 Å². The van der Waals surface area contributed by atoms with Crippen LogP contribution in [-0.2, 0) is 5.54 Å². The van der Waals surface area contributed by atoms with Crippen LogP contribution < -0.4 is 5.32 Å². The Morgan fingerprint density at radius 2 is 1.71 bits per heavy atom. The van der Waals surface area contributed by atoms with Crippen molar-refractivity contribution in [3.8, 4) is 0 Å². The number of fused-ring (bicyclic) bond motifs is 5. The Hall–Kier alpha value is -0.340. The molecule has 5 unspecified atom stereocenters. The molecule has 0 heterocycles. The summed E-state index contributed by atoms with van der Waals surface area (Å²) in [5, 5.41) is 4.02. The summed E-state index contributed by atoms with van der Waals surface area (Å²) in [4.78, 5) is 0. The van der Waals surface area contributed by atoms with Crippen LogP contribution in [0.3, 0.4) is 0 Å². The minimum Gasteiger partial charge on any atom is -0.305 e. The van der Waals surface area contributed by atoms with Crippen molar-refractivity contribution in [2.75, 3.05) is 0 Å². The molecule has 0 saturated heterocycles. The van der Waals surface area contributed by atoms with E-state index in [1.807, 2.05) is 0 Å². The number of hydrogen-bond donors (Lipinski definition) is 1. The highest BCUT2D eigenvalue weighted by Crippen LogP contribution is 2.59. The molecule has 1 N–H and O–H groups in total. The topological polar surface area (TPSA) is 12.0 Å². The van der Waals surface area contributed by atoms with Gasteiger partial charge in [-0.2, -0.15) is 0 Å². The zero-order chi connectivity index (χ0) is 14.6. The van der Waals surface area contributed by atoms with Gasteiger partial charge in [0.2, 0.25) is 0 Å². The Morgan fingerprint density at radius 1 is 1.00 bits per heavy atom. The standard InChI is InChI=1S/C19H26BrN/c1-19(2,13-6-8-14(20)9-7-13)21-18-11-12-10-17(18)16-5-3-4-15(12)16/h6-9,12,15-18,21H,3-5,10-11H2,1-2H3. The Bertz CT molecular complexity index is 521. The summed E-state index contributed by atoms with van der Waals surface area (Å²) in [5.41, 5.74) is 1.47. The van der Waals surface area contributed by atoms with Gasteiger partial charge in [-0.05, 0) is 80.9 Å². The van der Waals surface area contributed by atoms with E-state index in [1.165, 1.54) is 37.7 Å². The minimum atomic E-state index is 0.0734. The first kappa shape index (κ1) is 14.3. The third-order valence-electron chi connectivity index (χ3n) is 6.54. The van der Waals surface area contributed by atoms with E-state index in [-0.39, 0.29) is 5.54 Å². The van der Waals surface area contributed by atoms with Crippen molar-refractivity contribution in [3.05, 3.63) is 34.3 Å². The van der Waals surface area contributed by atoms with Gasteiger partial charge in [-0.25, -0.2) is 0 Å². The third kappa shape index (κ3) is 2.39. The summed E-state index contributed by atoms with van der Waals surface area (Å²) in [6.45, 7) is 4.68. The third-order valence-corrected chi connectivity index (χ3v) is 7.07. The van der Waals surface area contributed by atoms with Gasteiger partial charge in [0.1, 0.15) is 0 Å². The molecule has 0 aromatic heterocycles. The van der Waals surface area contributed by atoms with E-state index in [1.54, 1.807) is 0 Å². The predicted octanol–water partition coefficient (Wildman–Crippen LogP) is 5.10. The van der Waals surface area contributed by atoms with Crippen LogP contribution in [0.4, 0.5) is 0 Å². The van der Waals surface area contributed by atoms with Crippen LogP contribution in [0.2, 0.25) is 0 Å². The van der Waals surface area contributed by atoms with E-state index in [9.17, 15) is 0 Å². The summed E-state index contributed by atoms with van der Waals surface area (Å²) in [5.74, 6) is 4.11. The molecule has 4 rings (SSSR count). The van der Waals surface area contributed by atoms with Gasteiger partial charge in [-0.3, -0.25) is 0 Å². The largest absolute Gasteiger partial charge is 0.305 e. The second-order valence-electron chi connectivity index (χ2n) is 8.04. The predicted molar refractivity (Wildman–Crippen MR) is 91.1 cm³/mol. The van der Waals surface area contributed by atoms with Gasteiger partial charge in [-0.1, -0.05) is 34.5 Å². The van der Waals surface area contributed by atoms with Crippen molar-refractivity contribution < 1.29 is 0 Å². The SMILES string of the molecule is CC(C)(NC1CC2CC1C1CCCC21)c1ccc(Br)cc1. The number of rotatable bonds is 3. The molecule has 1 aromatic rings. The van der Waals surface area contributed by atoms with E-state index >= 15 is 0 Å². The van der Waals surface area contributed by atoms with Gasteiger partial charge >= 0.3 is 0 Å². The van der Waals surface area contributed by atoms with E-state index < -0.39 is 0 Å². The monoisotopic (exact) mass is 347 g/mol. The van der Waals surface area contributed by atoms with Gasteiger partial charge < -0.3 is 5.32 Å². The lowest BCUT2D eigenvalue weighted by atomic mass is 9.78. The van der Waals surface area contributed by atoms with E-state index in [0.717, 1.165) is 34.2 Å². The molecule has 0 aliphatic heterocycles. The van der Waals surface area contributed by atoms with Gasteiger partial charge in [0.05, 0.1) is 0 Å². The maximum atomic E-state index is 4.02. The number of nitrogens with one attached hydrogen (secondary N) is 1. The average molecular weight is 348 g/mol. The van der Waals surface area contributed by atoms with Crippen LogP contribution in [0.1, 0.15) is 51.5 Å². The Kier molecular flexibility index (Phi) is 3.46. The van der Waals surface area contributed by atoms with Crippen molar-refractivity contribution >= 4 is 15.9 Å². The molecule has 3 aliphatic rings. The van der Waals surface area contributed by atoms with Crippen LogP contribution >= 0.6 is 15.9 Å². The first-order valence-corrected chi connectivity index (χ1v) is 9.37. The molecule has 1 nitrogen and oxygen atoms in total. The van der Waals surface area contributed by atoms with E-state index in [4.69, 9.17) is 0 Å². The summed E-state index contributed by atoms with van der Waals surface area (Å²) in [7, 11) is 0. The normalized spacial score (nSPS) is 38.0. The first-order chi connectivity index (χ1) is 10.0. The van der Waals surface area contributed by atoms with Crippen LogP contribution in [0.5, 0.6) is 0 Å². The first-order valence-electron chi connectivity index (χ1n) is 8.58. The number of halogens is 1. The second kappa shape index (κ2) is 5.09. The molecule has 114 valence electrons. The van der Waals surface area contributed by atoms with Crippen molar-refractivity contribution in [1.29, 1.82) is 0 Å². The summed E-state index contributed by atoms with van der Waals surface area (Å²) < 4.78 is 1.16. The number of benzene rings is 1. The summed E-state index contributed by atoms with van der Waals surface area (Å²) >= 11 is 3.54. The highest BCUT2D eigenvalue weighted by molar-refractivity contribution is 9.10. The molecule has 21 heavy (non-hydrogen) atoms. The van der Waals surface area contributed by atoms with Crippen LogP contribution in [0.25, 0.3) is 0 Å². The quantitative estimate of drug-likeness (QED) is 0.801. The van der Waals surface area contributed by atoms with Gasteiger partial charge in [0.25, 0.3) is 0 Å². The molecular formula is C19H26BrN. The lowest BCUT2D eigenvalue weighted by Gasteiger charge is -2.38. The van der Waals surface area contributed by atoms with Crippen LogP contribution in [0, 0.1) is 23.7 Å². The second-order valence-corrected chi connectivity index (χ2v) is 8.95. The lowest BCUT2D eigenvalue weighted by molar-refractivity contribution is 0.179. The highest BCUT2D eigenvalue weighted by atomic mass is 79.9. The zero-order valence-corrected chi connectivity index (χ0v) is 14.7. The zero-order valence-electron chi connectivity index (χ0n) is 13.1. The summed E-state index contributed by atoms with van der Waals surface area (Å²) in [6.07, 6.45) is 7.44. The van der Waals surface area contributed by atoms with Crippen molar-refractivity contribution in [3.63, 3.8) is 0 Å². The number of hydrogen-bond acceptors (Lipinski definition) is 1. The Balaban J connectivity index is 1.50. The molecule has 3 aliphatic carbocycles. The molecule has 5 atom stereocenters. The molecule has 0 amide bonds. The van der Waals surface area contributed by atoms with E-state index in [0.29, 0.717) is 0 Å². The Morgan fingerprint density at radius 3 is 2.48 bits per heavy atom. The molecule has 3 fully saturated rings. The fourth-order valence-corrected chi connectivity index (χ4v) is 5.91. The molecule has 3 saturated carbocycles. The maximum absolute atomic E-state index is 4.02. The Labute approximate surface area is 137 Å². The summed E-state index contributed by atoms with van der Waals surface area (Å²) in [6, 6.07) is 9.57. The van der Waals surface area contributed by atoms with Gasteiger partial charge in [0.15, 0.2) is 0 Å². The average Bonchev–Trinajstić information content (AvgIpc) is 3.09. The minimum absolute atomic E-state index is 0.0734. The van der Waals surface area contributed by atoms with E-state index in [2.05, 4.69) is 59.4 Å². The molecular weight excluding hydrogens is 322 g/mol. The smallest absolute Gasteiger partial charge is 0.0379 e. The van der Waals surface area contributed by atoms with Crippen molar-refractivity contribution in [2.45, 2.75) is 57.5 Å². The molecule has 1 aromatic carbocycles. The fourth-order valence-electron chi connectivity index (χ4n) is 5.65. The maximum Gasteiger partial charge on any atom is 0.0379 e. The molecule has 0 radical (unpaired) electrons. The van der Waals surface area contributed by atoms with Gasteiger partial charge in [0, 0.05) is 16.1 Å². The van der Waals surface area contributed by atoms with Gasteiger partial charge in [-0.15, -0.1) is 0 Å². The van der Waals surface area contributed by atoms with Crippen molar-refractivity contribution in [1.82, 2.24) is 5.32 Å².